The van der Waals surface area contributed by atoms with Crippen molar-refractivity contribution in [1.82, 2.24) is 4.90 Å². The lowest BCUT2D eigenvalue weighted by Gasteiger charge is -2.15. The summed E-state index contributed by atoms with van der Waals surface area (Å²) in [7, 11) is 0. The molecule has 7 nitrogen and oxygen atoms in total. The summed E-state index contributed by atoms with van der Waals surface area (Å²) in [6.07, 6.45) is 1.66. The highest BCUT2D eigenvalue weighted by atomic mass is 79.9. The summed E-state index contributed by atoms with van der Waals surface area (Å²) in [5.41, 5.74) is 3.27. The Bertz CT molecular complexity index is 1680. The molecule has 1 aliphatic heterocycles. The highest BCUT2D eigenvalue weighted by molar-refractivity contribution is 9.10. The molecule has 5 rings (SSSR count). The van der Waals surface area contributed by atoms with E-state index in [0.717, 1.165) is 33.7 Å². The van der Waals surface area contributed by atoms with Crippen LogP contribution in [0.1, 0.15) is 23.6 Å². The van der Waals surface area contributed by atoms with E-state index in [9.17, 15) is 14.4 Å². The van der Waals surface area contributed by atoms with Gasteiger partial charge in [0.05, 0.1) is 22.5 Å². The SMILES string of the molecule is CCOc1cc(/C=C2\SC(=O)N(Cc3cccc4ccccc34)C2=O)cc(Br)c1OCC(=O)Nc1cccc(C)c1. The molecule has 4 aromatic rings. The van der Waals surface area contributed by atoms with E-state index in [0.29, 0.717) is 38.7 Å². The number of hydrogen-bond donors (Lipinski definition) is 1. The first-order valence-corrected chi connectivity index (χ1v) is 14.6. The minimum atomic E-state index is -0.352. The third kappa shape index (κ3) is 6.64. The van der Waals surface area contributed by atoms with Crippen molar-refractivity contribution >= 4 is 67.3 Å². The van der Waals surface area contributed by atoms with Gasteiger partial charge in [-0.1, -0.05) is 54.6 Å². The van der Waals surface area contributed by atoms with Crippen molar-refractivity contribution in [1.29, 1.82) is 0 Å². The third-order valence-electron chi connectivity index (χ3n) is 6.36. The van der Waals surface area contributed by atoms with Gasteiger partial charge in [0.25, 0.3) is 17.1 Å². The molecule has 9 heteroatoms. The second-order valence-electron chi connectivity index (χ2n) is 9.38. The number of amides is 3. The molecule has 3 amide bonds. The second kappa shape index (κ2) is 12.6. The van der Waals surface area contributed by atoms with Crippen LogP contribution in [0, 0.1) is 6.92 Å². The Morgan fingerprint density at radius 1 is 1.00 bits per heavy atom. The Kier molecular flexibility index (Phi) is 8.75. The van der Waals surface area contributed by atoms with Gasteiger partial charge < -0.3 is 14.8 Å². The summed E-state index contributed by atoms with van der Waals surface area (Å²) < 4.78 is 12.2. The van der Waals surface area contributed by atoms with Crippen LogP contribution in [0.4, 0.5) is 10.5 Å². The molecule has 0 saturated carbocycles. The Hall–Kier alpha value is -4.08. The minimum Gasteiger partial charge on any atom is -0.490 e. The minimum absolute atomic E-state index is 0.189. The van der Waals surface area contributed by atoms with Gasteiger partial charge >= 0.3 is 0 Å². The normalized spacial score (nSPS) is 14.1. The number of ether oxygens (including phenoxy) is 2. The van der Waals surface area contributed by atoms with Crippen LogP contribution in [0.25, 0.3) is 16.8 Å². The lowest BCUT2D eigenvalue weighted by molar-refractivity contribution is -0.123. The largest absolute Gasteiger partial charge is 0.490 e. The Labute approximate surface area is 250 Å². The highest BCUT2D eigenvalue weighted by Crippen LogP contribution is 2.40. The first kappa shape index (κ1) is 28.4. The van der Waals surface area contributed by atoms with E-state index in [1.807, 2.05) is 80.6 Å². The Morgan fingerprint density at radius 2 is 1.78 bits per heavy atom. The monoisotopic (exact) mass is 630 g/mol. The van der Waals surface area contributed by atoms with Gasteiger partial charge in [-0.25, -0.2) is 0 Å². The molecule has 0 aliphatic carbocycles. The predicted octanol–water partition coefficient (Wildman–Crippen LogP) is 7.56. The van der Waals surface area contributed by atoms with Crippen molar-refractivity contribution in [3.8, 4) is 11.5 Å². The van der Waals surface area contributed by atoms with Crippen LogP contribution in [0.15, 0.2) is 88.2 Å². The number of anilines is 1. The summed E-state index contributed by atoms with van der Waals surface area (Å²) in [5.74, 6) is 0.114. The molecule has 208 valence electrons. The second-order valence-corrected chi connectivity index (χ2v) is 11.2. The fraction of sp³-hybridized carbons (Fsp3) is 0.156. The molecule has 0 aromatic heterocycles. The van der Waals surface area contributed by atoms with Crippen molar-refractivity contribution in [2.75, 3.05) is 18.5 Å². The quantitative estimate of drug-likeness (QED) is 0.192. The van der Waals surface area contributed by atoms with Crippen molar-refractivity contribution < 1.29 is 23.9 Å². The topological polar surface area (TPSA) is 84.9 Å². The molecule has 0 spiro atoms. The number of thioether (sulfide) groups is 1. The molecular weight excluding hydrogens is 604 g/mol. The summed E-state index contributed by atoms with van der Waals surface area (Å²) in [5, 5.41) is 4.55. The number of benzene rings is 4. The number of nitrogens with one attached hydrogen (secondary N) is 1. The van der Waals surface area contributed by atoms with E-state index in [1.54, 1.807) is 18.2 Å². The number of imide groups is 1. The van der Waals surface area contributed by atoms with Gasteiger partial charge in [-0.2, -0.15) is 0 Å². The van der Waals surface area contributed by atoms with Gasteiger partial charge in [0.1, 0.15) is 0 Å². The molecule has 1 aliphatic rings. The van der Waals surface area contributed by atoms with E-state index in [-0.39, 0.29) is 30.2 Å². The smallest absolute Gasteiger partial charge is 0.293 e. The molecule has 1 saturated heterocycles. The standard InChI is InChI=1S/C32H27BrN2O5S/c1-3-39-27-16-21(15-26(33)30(27)40-19-29(36)34-24-12-6-8-20(2)14-24)17-28-31(37)35(32(38)41-28)18-23-11-7-10-22-9-4-5-13-25(22)23/h4-17H,3,18-19H2,1-2H3,(H,34,36)/b28-17-. The third-order valence-corrected chi connectivity index (χ3v) is 7.86. The molecule has 1 N–H and O–H groups in total. The van der Waals surface area contributed by atoms with Crippen LogP contribution in [0.5, 0.6) is 11.5 Å². The average molecular weight is 632 g/mol. The van der Waals surface area contributed by atoms with Crippen LogP contribution < -0.4 is 14.8 Å². The summed E-state index contributed by atoms with van der Waals surface area (Å²) in [4.78, 5) is 40.2. The summed E-state index contributed by atoms with van der Waals surface area (Å²) in [6, 6.07) is 24.7. The number of nitrogens with zero attached hydrogens (tertiary/aromatic N) is 1. The maximum atomic E-state index is 13.3. The van der Waals surface area contributed by atoms with E-state index in [1.165, 1.54) is 4.90 Å². The molecular formula is C32H27BrN2O5S. The number of carbonyl (C=O) groups is 3. The molecule has 4 aromatic carbocycles. The average Bonchev–Trinajstić information content (AvgIpc) is 3.20. The molecule has 1 heterocycles. The van der Waals surface area contributed by atoms with Crippen molar-refractivity contribution in [3.63, 3.8) is 0 Å². The Morgan fingerprint density at radius 3 is 2.59 bits per heavy atom. The molecule has 41 heavy (non-hydrogen) atoms. The zero-order valence-corrected chi connectivity index (χ0v) is 24.9. The van der Waals surface area contributed by atoms with Crippen LogP contribution in [0.3, 0.4) is 0 Å². The van der Waals surface area contributed by atoms with E-state index >= 15 is 0 Å². The van der Waals surface area contributed by atoms with Crippen LogP contribution in [0.2, 0.25) is 0 Å². The number of halogens is 1. The van der Waals surface area contributed by atoms with Gasteiger partial charge in [-0.05, 0) is 99.3 Å². The van der Waals surface area contributed by atoms with Gasteiger partial charge in [-0.3, -0.25) is 19.3 Å². The Balaban J connectivity index is 1.32. The summed E-state index contributed by atoms with van der Waals surface area (Å²) in [6.45, 7) is 4.12. The van der Waals surface area contributed by atoms with Crippen LogP contribution in [-0.2, 0) is 16.1 Å². The maximum Gasteiger partial charge on any atom is 0.293 e. The molecule has 1 fully saturated rings. The number of carbonyl (C=O) groups excluding carboxylic acids is 3. The molecule has 0 bridgehead atoms. The van der Waals surface area contributed by atoms with Crippen molar-refractivity contribution in [2.45, 2.75) is 20.4 Å². The van der Waals surface area contributed by atoms with Gasteiger partial charge in [0.15, 0.2) is 18.1 Å². The van der Waals surface area contributed by atoms with E-state index in [2.05, 4.69) is 21.2 Å². The number of hydrogen-bond acceptors (Lipinski definition) is 6. The van der Waals surface area contributed by atoms with Gasteiger partial charge in [0, 0.05) is 5.69 Å². The zero-order valence-electron chi connectivity index (χ0n) is 22.5. The highest BCUT2D eigenvalue weighted by Gasteiger charge is 2.35. The van der Waals surface area contributed by atoms with Crippen LogP contribution >= 0.6 is 27.7 Å². The zero-order chi connectivity index (χ0) is 28.9. The van der Waals surface area contributed by atoms with Crippen LogP contribution in [-0.4, -0.2) is 35.2 Å². The number of aryl methyl sites for hydroxylation is 1. The summed E-state index contributed by atoms with van der Waals surface area (Å²) >= 11 is 4.42. The van der Waals surface area contributed by atoms with E-state index < -0.39 is 0 Å². The van der Waals surface area contributed by atoms with Gasteiger partial charge in [0.2, 0.25) is 0 Å². The molecule has 0 atom stereocenters. The lowest BCUT2D eigenvalue weighted by Crippen LogP contribution is -2.27. The van der Waals surface area contributed by atoms with Crippen molar-refractivity contribution in [2.24, 2.45) is 0 Å². The molecule has 0 radical (unpaired) electrons. The fourth-order valence-corrected chi connectivity index (χ4v) is 5.93. The number of rotatable bonds is 9. The lowest BCUT2D eigenvalue weighted by atomic mass is 10.0. The molecule has 0 unspecified atom stereocenters. The number of fused-ring (bicyclic) bond motifs is 1. The van der Waals surface area contributed by atoms with E-state index in [4.69, 9.17) is 9.47 Å². The maximum absolute atomic E-state index is 13.3. The fourth-order valence-electron chi connectivity index (χ4n) is 4.52. The van der Waals surface area contributed by atoms with Gasteiger partial charge in [-0.15, -0.1) is 0 Å². The first-order valence-electron chi connectivity index (χ1n) is 13.0. The first-order chi connectivity index (χ1) is 19.8. The predicted molar refractivity (Wildman–Crippen MR) is 166 cm³/mol. The van der Waals surface area contributed by atoms with Crippen molar-refractivity contribution in [3.05, 3.63) is 105 Å².